The molecule has 27 heavy (non-hydrogen) atoms. The molecule has 0 aromatic carbocycles. The molecule has 1 saturated carbocycles. The minimum Gasteiger partial charge on any atom is -0.474 e. The molecule has 1 N–H and O–H groups in total. The summed E-state index contributed by atoms with van der Waals surface area (Å²) in [6, 6.07) is 3.98. The molecule has 2 aromatic heterocycles. The monoisotopic (exact) mass is 370 g/mol. The number of rotatable bonds is 5. The van der Waals surface area contributed by atoms with Gasteiger partial charge in [0, 0.05) is 29.6 Å². The number of amides is 1. The summed E-state index contributed by atoms with van der Waals surface area (Å²) in [5.74, 6) is 0.487. The first-order chi connectivity index (χ1) is 12.9. The molecule has 0 spiro atoms. The highest BCUT2D eigenvalue weighted by Crippen LogP contribution is 2.23. The maximum absolute atomic E-state index is 12.3. The summed E-state index contributed by atoms with van der Waals surface area (Å²) in [7, 11) is 0. The number of nitrogens with zero attached hydrogens (tertiary/aromatic N) is 3. The van der Waals surface area contributed by atoms with E-state index in [1.165, 1.54) is 10.9 Å². The lowest BCUT2D eigenvalue weighted by atomic mass is 9.93. The predicted octanol–water partition coefficient (Wildman–Crippen LogP) is 2.07. The normalized spacial score (nSPS) is 19.5. The van der Waals surface area contributed by atoms with Crippen molar-refractivity contribution >= 4 is 5.91 Å². The molecule has 0 unspecified atom stereocenters. The van der Waals surface area contributed by atoms with Gasteiger partial charge in [0.25, 0.3) is 5.56 Å². The van der Waals surface area contributed by atoms with Gasteiger partial charge in [-0.05, 0) is 52.0 Å². The van der Waals surface area contributed by atoms with Crippen LogP contribution in [0.25, 0.3) is 0 Å². The van der Waals surface area contributed by atoms with E-state index in [2.05, 4.69) is 15.3 Å². The lowest BCUT2D eigenvalue weighted by molar-refractivity contribution is -0.122. The maximum atomic E-state index is 12.3. The first-order valence-electron chi connectivity index (χ1n) is 9.33. The number of aromatic nitrogens is 3. The summed E-state index contributed by atoms with van der Waals surface area (Å²) in [5.41, 5.74) is 2.21. The van der Waals surface area contributed by atoms with Crippen LogP contribution in [-0.2, 0) is 11.3 Å². The maximum Gasteiger partial charge on any atom is 0.256 e. The Kier molecular flexibility index (Phi) is 5.88. The third-order valence-corrected chi connectivity index (χ3v) is 5.04. The Morgan fingerprint density at radius 1 is 1.19 bits per heavy atom. The highest BCUT2D eigenvalue weighted by molar-refractivity contribution is 5.76. The molecule has 3 rings (SSSR count). The molecule has 1 aliphatic carbocycles. The van der Waals surface area contributed by atoms with Crippen molar-refractivity contribution in [2.75, 3.05) is 0 Å². The first kappa shape index (κ1) is 19.1. The van der Waals surface area contributed by atoms with Gasteiger partial charge in [0.15, 0.2) is 0 Å². The highest BCUT2D eigenvalue weighted by atomic mass is 16.5. The second-order valence-corrected chi connectivity index (χ2v) is 7.22. The van der Waals surface area contributed by atoms with Gasteiger partial charge in [-0.2, -0.15) is 0 Å². The van der Waals surface area contributed by atoms with Crippen molar-refractivity contribution in [2.45, 2.75) is 65.1 Å². The molecule has 0 aliphatic heterocycles. The number of pyridine rings is 1. The second-order valence-electron chi connectivity index (χ2n) is 7.22. The van der Waals surface area contributed by atoms with E-state index < -0.39 is 0 Å². The topological polar surface area (TPSA) is 86.1 Å². The highest BCUT2D eigenvalue weighted by Gasteiger charge is 2.24. The minimum absolute atomic E-state index is 0.00331. The van der Waals surface area contributed by atoms with Crippen molar-refractivity contribution in [3.05, 3.63) is 51.8 Å². The molecule has 0 radical (unpaired) electrons. The molecule has 144 valence electrons. The Morgan fingerprint density at radius 3 is 2.59 bits per heavy atom. The number of aryl methyl sites for hydroxylation is 2. The van der Waals surface area contributed by atoms with Gasteiger partial charge in [0.1, 0.15) is 12.6 Å². The number of carbonyl (C=O) groups excluding carboxylic acids is 1. The van der Waals surface area contributed by atoms with Crippen LogP contribution in [0.4, 0.5) is 0 Å². The van der Waals surface area contributed by atoms with E-state index in [0.29, 0.717) is 17.1 Å². The molecule has 1 aliphatic rings. The van der Waals surface area contributed by atoms with Crippen molar-refractivity contribution in [3.8, 4) is 5.88 Å². The predicted molar refractivity (Wildman–Crippen MR) is 102 cm³/mol. The Bertz CT molecular complexity index is 853. The van der Waals surface area contributed by atoms with Crippen molar-refractivity contribution < 1.29 is 9.53 Å². The van der Waals surface area contributed by atoms with Gasteiger partial charge < -0.3 is 10.1 Å². The molecule has 0 saturated heterocycles. The van der Waals surface area contributed by atoms with Crippen molar-refractivity contribution in [2.24, 2.45) is 0 Å². The van der Waals surface area contributed by atoms with Crippen LogP contribution >= 0.6 is 0 Å². The van der Waals surface area contributed by atoms with E-state index in [9.17, 15) is 9.59 Å². The van der Waals surface area contributed by atoms with Crippen LogP contribution in [0.1, 0.15) is 42.5 Å². The van der Waals surface area contributed by atoms with Crippen molar-refractivity contribution in [1.82, 2.24) is 19.9 Å². The van der Waals surface area contributed by atoms with Crippen molar-refractivity contribution in [3.63, 3.8) is 0 Å². The molecule has 2 heterocycles. The van der Waals surface area contributed by atoms with Gasteiger partial charge in [-0.3, -0.25) is 14.2 Å². The molecule has 7 heteroatoms. The lowest BCUT2D eigenvalue weighted by Crippen LogP contribution is -2.42. The molecule has 0 atom stereocenters. The van der Waals surface area contributed by atoms with Crippen LogP contribution in [0.15, 0.2) is 29.5 Å². The number of carbonyl (C=O) groups is 1. The van der Waals surface area contributed by atoms with E-state index in [-0.39, 0.29) is 30.2 Å². The van der Waals surface area contributed by atoms with Gasteiger partial charge in [-0.1, -0.05) is 6.07 Å². The number of hydrogen-bond acceptors (Lipinski definition) is 5. The number of hydrogen-bond donors (Lipinski definition) is 1. The molecule has 1 fully saturated rings. The molecular formula is C20H26N4O3. The molecular weight excluding hydrogens is 344 g/mol. The molecule has 7 nitrogen and oxygen atoms in total. The standard InChI is InChI=1S/C20H26N4O3/c1-13-4-9-19(21-10-13)27-17-7-5-16(6-8-17)23-18(25)11-24-12-22-15(3)14(2)20(24)26/h4,9-10,12,16-17H,5-8,11H2,1-3H3,(H,23,25). The number of nitrogens with one attached hydrogen (secondary N) is 1. The summed E-state index contributed by atoms with van der Waals surface area (Å²) in [5, 5.41) is 3.02. The van der Waals surface area contributed by atoms with E-state index in [1.807, 2.05) is 19.1 Å². The average Bonchev–Trinajstić information content (AvgIpc) is 2.66. The summed E-state index contributed by atoms with van der Waals surface area (Å²) in [6.07, 6.45) is 6.79. The molecule has 2 aromatic rings. The van der Waals surface area contributed by atoms with Crippen LogP contribution < -0.4 is 15.6 Å². The van der Waals surface area contributed by atoms with E-state index >= 15 is 0 Å². The lowest BCUT2D eigenvalue weighted by Gasteiger charge is -2.29. The fraction of sp³-hybridized carbons (Fsp3) is 0.500. The zero-order valence-electron chi connectivity index (χ0n) is 16.1. The number of ether oxygens (including phenoxy) is 1. The van der Waals surface area contributed by atoms with Crippen molar-refractivity contribution in [1.29, 1.82) is 0 Å². The smallest absolute Gasteiger partial charge is 0.256 e. The van der Waals surface area contributed by atoms with Gasteiger partial charge in [-0.15, -0.1) is 0 Å². The third-order valence-electron chi connectivity index (χ3n) is 5.04. The van der Waals surface area contributed by atoms with E-state index in [1.54, 1.807) is 20.0 Å². The van der Waals surface area contributed by atoms with Gasteiger partial charge >= 0.3 is 0 Å². The SMILES string of the molecule is Cc1ccc(OC2CCC(NC(=O)Cn3cnc(C)c(C)c3=O)CC2)nc1. The summed E-state index contributed by atoms with van der Waals surface area (Å²) in [4.78, 5) is 32.9. The Morgan fingerprint density at radius 2 is 1.93 bits per heavy atom. The Balaban J connectivity index is 1.47. The fourth-order valence-corrected chi connectivity index (χ4v) is 3.24. The van der Waals surface area contributed by atoms with Gasteiger partial charge in [0.2, 0.25) is 11.8 Å². The zero-order chi connectivity index (χ0) is 19.4. The molecule has 0 bridgehead atoms. The van der Waals surface area contributed by atoms with Crippen LogP contribution in [0.2, 0.25) is 0 Å². The van der Waals surface area contributed by atoms with E-state index in [4.69, 9.17) is 4.74 Å². The van der Waals surface area contributed by atoms with Gasteiger partial charge in [0.05, 0.1) is 6.33 Å². The Labute approximate surface area is 158 Å². The summed E-state index contributed by atoms with van der Waals surface area (Å²) < 4.78 is 7.28. The van der Waals surface area contributed by atoms with Crippen LogP contribution in [0.3, 0.4) is 0 Å². The zero-order valence-corrected chi connectivity index (χ0v) is 16.1. The quantitative estimate of drug-likeness (QED) is 0.871. The van der Waals surface area contributed by atoms with Crippen LogP contribution in [-0.4, -0.2) is 32.6 Å². The van der Waals surface area contributed by atoms with Crippen LogP contribution in [0, 0.1) is 20.8 Å². The van der Waals surface area contributed by atoms with Gasteiger partial charge in [-0.25, -0.2) is 9.97 Å². The average molecular weight is 370 g/mol. The summed E-state index contributed by atoms with van der Waals surface area (Å²) in [6.45, 7) is 5.50. The minimum atomic E-state index is -0.166. The van der Waals surface area contributed by atoms with Crippen LogP contribution in [0.5, 0.6) is 5.88 Å². The largest absolute Gasteiger partial charge is 0.474 e. The fourth-order valence-electron chi connectivity index (χ4n) is 3.24. The van der Waals surface area contributed by atoms with E-state index in [0.717, 1.165) is 31.2 Å². The first-order valence-corrected chi connectivity index (χ1v) is 9.33. The summed E-state index contributed by atoms with van der Waals surface area (Å²) >= 11 is 0. The second kappa shape index (κ2) is 8.33. The third kappa shape index (κ3) is 4.93. The Hall–Kier alpha value is -2.70. The molecule has 1 amide bonds.